The predicted octanol–water partition coefficient (Wildman–Crippen LogP) is 5.80. The minimum atomic E-state index is -3.71. The molecule has 4 aromatic rings. The first-order valence-electron chi connectivity index (χ1n) is 11.8. The van der Waals surface area contributed by atoms with Gasteiger partial charge in [-0.05, 0) is 43.2 Å². The standard InChI is InChI=1S/C27H28N2O5S/c1-29(19-10-4-3-5-11-19)35(31,32)20-12-8-9-18(15-20)27(30)28-23-17-25-22(16-26(23)33-2)21-13-6-7-14-24(21)34-25/h6-9,12-17,19H,3-5,10-11H2,1-2H3,(H,28,30). The minimum absolute atomic E-state index is 0.00831. The van der Waals surface area contributed by atoms with Gasteiger partial charge < -0.3 is 14.5 Å². The molecule has 0 atom stereocenters. The van der Waals surface area contributed by atoms with Crippen LogP contribution in [0, 0.1) is 0 Å². The monoisotopic (exact) mass is 492 g/mol. The van der Waals surface area contributed by atoms with Gasteiger partial charge in [0, 0.05) is 35.5 Å². The molecule has 1 aromatic heterocycles. The molecule has 1 N–H and O–H groups in total. The number of furan rings is 1. The van der Waals surface area contributed by atoms with Crippen molar-refractivity contribution in [1.29, 1.82) is 0 Å². The largest absolute Gasteiger partial charge is 0.495 e. The molecule has 0 unspecified atom stereocenters. The number of carbonyl (C=O) groups excluding carboxylic acids is 1. The highest BCUT2D eigenvalue weighted by molar-refractivity contribution is 7.89. The summed E-state index contributed by atoms with van der Waals surface area (Å²) in [6.07, 6.45) is 4.93. The zero-order valence-corrected chi connectivity index (χ0v) is 20.6. The lowest BCUT2D eigenvalue weighted by atomic mass is 9.96. The van der Waals surface area contributed by atoms with Crippen LogP contribution in [-0.4, -0.2) is 38.8 Å². The Balaban J connectivity index is 1.43. The minimum Gasteiger partial charge on any atom is -0.495 e. The van der Waals surface area contributed by atoms with Crippen LogP contribution in [0.25, 0.3) is 21.9 Å². The number of anilines is 1. The Labute approximate surface area is 204 Å². The Kier molecular flexibility index (Phi) is 6.25. The summed E-state index contributed by atoms with van der Waals surface area (Å²) in [4.78, 5) is 13.2. The van der Waals surface area contributed by atoms with Crippen LogP contribution in [0.3, 0.4) is 0 Å². The molecule has 0 saturated heterocycles. The molecule has 35 heavy (non-hydrogen) atoms. The Bertz CT molecular complexity index is 1500. The van der Waals surface area contributed by atoms with Crippen LogP contribution in [0.4, 0.5) is 5.69 Å². The Hall–Kier alpha value is -3.36. The van der Waals surface area contributed by atoms with Gasteiger partial charge in [0.15, 0.2) is 0 Å². The molecule has 1 saturated carbocycles. The number of benzene rings is 3. The third-order valence-corrected chi connectivity index (χ3v) is 8.72. The Morgan fingerprint density at radius 3 is 2.51 bits per heavy atom. The molecule has 182 valence electrons. The van der Waals surface area contributed by atoms with E-state index in [0.29, 0.717) is 17.0 Å². The summed E-state index contributed by atoms with van der Waals surface area (Å²) in [5.74, 6) is 0.0503. The fourth-order valence-corrected chi connectivity index (χ4v) is 6.28. The average Bonchev–Trinajstić information content (AvgIpc) is 3.25. The molecular weight excluding hydrogens is 464 g/mol. The van der Waals surface area contributed by atoms with E-state index in [1.165, 1.54) is 23.5 Å². The van der Waals surface area contributed by atoms with Crippen LogP contribution in [-0.2, 0) is 10.0 Å². The van der Waals surface area contributed by atoms with Crippen molar-refractivity contribution in [3.05, 3.63) is 66.2 Å². The average molecular weight is 493 g/mol. The van der Waals surface area contributed by atoms with Gasteiger partial charge in [-0.15, -0.1) is 0 Å². The summed E-state index contributed by atoms with van der Waals surface area (Å²) in [6.45, 7) is 0. The number of hydrogen-bond donors (Lipinski definition) is 1. The van der Waals surface area contributed by atoms with E-state index in [-0.39, 0.29) is 16.5 Å². The molecule has 7 nitrogen and oxygen atoms in total. The Morgan fingerprint density at radius 2 is 1.74 bits per heavy atom. The van der Waals surface area contributed by atoms with Crippen molar-refractivity contribution < 1.29 is 22.4 Å². The normalized spacial score (nSPS) is 15.1. The number of sulfonamides is 1. The maximum absolute atomic E-state index is 13.3. The first-order chi connectivity index (χ1) is 16.9. The zero-order valence-electron chi connectivity index (χ0n) is 19.8. The van der Waals surface area contributed by atoms with Gasteiger partial charge in [0.05, 0.1) is 17.7 Å². The Morgan fingerprint density at radius 1 is 0.971 bits per heavy atom. The van der Waals surface area contributed by atoms with Crippen LogP contribution in [0.1, 0.15) is 42.5 Å². The highest BCUT2D eigenvalue weighted by Crippen LogP contribution is 2.36. The van der Waals surface area contributed by atoms with Crippen molar-refractivity contribution in [2.24, 2.45) is 0 Å². The molecule has 1 aliphatic carbocycles. The number of para-hydroxylation sites is 1. The van der Waals surface area contributed by atoms with Crippen molar-refractivity contribution in [3.63, 3.8) is 0 Å². The highest BCUT2D eigenvalue weighted by atomic mass is 32.2. The molecule has 1 heterocycles. The van der Waals surface area contributed by atoms with Gasteiger partial charge in [-0.1, -0.05) is 43.5 Å². The van der Waals surface area contributed by atoms with Gasteiger partial charge in [0.25, 0.3) is 5.91 Å². The van der Waals surface area contributed by atoms with Crippen molar-refractivity contribution in [3.8, 4) is 5.75 Å². The molecule has 0 spiro atoms. The summed E-state index contributed by atoms with van der Waals surface area (Å²) >= 11 is 0. The second-order valence-electron chi connectivity index (χ2n) is 8.94. The lowest BCUT2D eigenvalue weighted by Gasteiger charge is -2.30. The van der Waals surface area contributed by atoms with Crippen LogP contribution >= 0.6 is 0 Å². The maximum atomic E-state index is 13.3. The summed E-state index contributed by atoms with van der Waals surface area (Å²) in [5, 5.41) is 4.69. The third-order valence-electron chi connectivity index (χ3n) is 6.81. The van der Waals surface area contributed by atoms with Crippen LogP contribution in [0.15, 0.2) is 70.0 Å². The van der Waals surface area contributed by atoms with E-state index >= 15 is 0 Å². The summed E-state index contributed by atoms with van der Waals surface area (Å²) in [7, 11) is -0.545. The van der Waals surface area contributed by atoms with Gasteiger partial charge >= 0.3 is 0 Å². The lowest BCUT2D eigenvalue weighted by Crippen LogP contribution is -2.38. The number of nitrogens with one attached hydrogen (secondary N) is 1. The molecule has 5 rings (SSSR count). The number of carbonyl (C=O) groups is 1. The first-order valence-corrected chi connectivity index (χ1v) is 13.2. The van der Waals surface area contributed by atoms with E-state index in [9.17, 15) is 13.2 Å². The van der Waals surface area contributed by atoms with E-state index in [4.69, 9.17) is 9.15 Å². The molecule has 0 bridgehead atoms. The van der Waals surface area contributed by atoms with Crippen LogP contribution in [0.5, 0.6) is 5.75 Å². The second-order valence-corrected chi connectivity index (χ2v) is 10.9. The fraction of sp³-hybridized carbons (Fsp3) is 0.296. The number of fused-ring (bicyclic) bond motifs is 3. The molecule has 0 aliphatic heterocycles. The molecule has 1 aliphatic rings. The first kappa shape index (κ1) is 23.4. The SMILES string of the molecule is COc1cc2c(cc1NC(=O)c1cccc(S(=O)(=O)N(C)C3CCCCC3)c1)oc1ccccc12. The quantitative estimate of drug-likeness (QED) is 0.367. The van der Waals surface area contributed by atoms with Crippen molar-refractivity contribution >= 4 is 43.6 Å². The maximum Gasteiger partial charge on any atom is 0.255 e. The van der Waals surface area contributed by atoms with Gasteiger partial charge in [-0.2, -0.15) is 4.31 Å². The molecule has 8 heteroatoms. The summed E-state index contributed by atoms with van der Waals surface area (Å²) in [6, 6.07) is 17.4. The van der Waals surface area contributed by atoms with Crippen LogP contribution in [0.2, 0.25) is 0 Å². The van der Waals surface area contributed by atoms with Crippen molar-refractivity contribution in [2.75, 3.05) is 19.5 Å². The third kappa shape index (κ3) is 4.39. The molecule has 1 amide bonds. The number of nitrogens with zero attached hydrogens (tertiary/aromatic N) is 1. The second kappa shape index (κ2) is 9.36. The van der Waals surface area contributed by atoms with Crippen molar-refractivity contribution in [2.45, 2.75) is 43.0 Å². The molecule has 1 fully saturated rings. The predicted molar refractivity (Wildman–Crippen MR) is 136 cm³/mol. The van der Waals surface area contributed by atoms with E-state index in [1.807, 2.05) is 30.3 Å². The zero-order chi connectivity index (χ0) is 24.6. The van der Waals surface area contributed by atoms with Crippen LogP contribution < -0.4 is 10.1 Å². The smallest absolute Gasteiger partial charge is 0.255 e. The van der Waals surface area contributed by atoms with E-state index in [0.717, 1.165) is 48.5 Å². The number of ether oxygens (including phenoxy) is 1. The molecule has 0 radical (unpaired) electrons. The van der Waals surface area contributed by atoms with Gasteiger partial charge in [0.1, 0.15) is 16.9 Å². The van der Waals surface area contributed by atoms with Gasteiger partial charge in [-0.3, -0.25) is 4.79 Å². The number of rotatable bonds is 6. The number of hydrogen-bond acceptors (Lipinski definition) is 5. The fourth-order valence-electron chi connectivity index (χ4n) is 4.82. The molecular formula is C27H28N2O5S. The topological polar surface area (TPSA) is 88.8 Å². The van der Waals surface area contributed by atoms with Crippen molar-refractivity contribution in [1.82, 2.24) is 4.31 Å². The van der Waals surface area contributed by atoms with Gasteiger partial charge in [0.2, 0.25) is 10.0 Å². The highest BCUT2D eigenvalue weighted by Gasteiger charge is 2.29. The van der Waals surface area contributed by atoms with E-state index in [2.05, 4.69) is 5.32 Å². The lowest BCUT2D eigenvalue weighted by molar-refractivity contribution is 0.102. The molecule has 3 aromatic carbocycles. The van der Waals surface area contributed by atoms with E-state index in [1.54, 1.807) is 25.2 Å². The number of amides is 1. The summed E-state index contributed by atoms with van der Waals surface area (Å²) < 4.78 is 39.4. The number of methoxy groups -OCH3 is 1. The van der Waals surface area contributed by atoms with Gasteiger partial charge in [-0.25, -0.2) is 8.42 Å². The summed E-state index contributed by atoms with van der Waals surface area (Å²) in [5.41, 5.74) is 2.05. The van der Waals surface area contributed by atoms with E-state index < -0.39 is 15.9 Å².